The molecule has 0 spiro atoms. The molecule has 0 unspecified atom stereocenters. The van der Waals surface area contributed by atoms with Crippen LogP contribution < -0.4 is 10.1 Å². The lowest BCUT2D eigenvalue weighted by Crippen LogP contribution is -2.65. The van der Waals surface area contributed by atoms with Gasteiger partial charge in [-0.2, -0.15) is 28.5 Å². The van der Waals surface area contributed by atoms with Crippen molar-refractivity contribution in [2.24, 2.45) is 0 Å². The van der Waals surface area contributed by atoms with Crippen molar-refractivity contribution in [3.8, 4) is 23.2 Å². The minimum absolute atomic E-state index is 0.0331. The smallest absolute Gasteiger partial charge is 0.451 e. The van der Waals surface area contributed by atoms with E-state index < -0.39 is 23.1 Å². The first-order valence-corrected chi connectivity index (χ1v) is 14.9. The summed E-state index contributed by atoms with van der Waals surface area (Å²) in [5.74, 6) is -1.35. The molecule has 4 aromatic heterocycles. The molecule has 238 valence electrons. The summed E-state index contributed by atoms with van der Waals surface area (Å²) in [6.45, 7) is 4.76. The van der Waals surface area contributed by atoms with Crippen LogP contribution in [0.2, 0.25) is 0 Å². The Kier molecular flexibility index (Phi) is 8.23. The molecule has 0 aromatic carbocycles. The lowest BCUT2D eigenvalue weighted by atomic mass is 9.82. The molecule has 3 N–H and O–H groups in total. The summed E-state index contributed by atoms with van der Waals surface area (Å²) in [5, 5.41) is 28.0. The molecule has 4 aromatic rings. The SMILES string of the molecule is CC(C)(O)CNCc1cc(O[C@H]2CC[C@@H](N3CC(CC#N)(n4cc(-c5ncnc6[nH]ccc56)cn4)C3)CC2)nc(C(F)(F)F)n1. The van der Waals surface area contributed by atoms with E-state index in [0.29, 0.717) is 32.4 Å². The van der Waals surface area contributed by atoms with E-state index in [1.54, 1.807) is 20.0 Å². The van der Waals surface area contributed by atoms with E-state index in [0.717, 1.165) is 35.1 Å². The standard InChI is InChI=1S/C30H35F3N10O2/c1-28(2,44)15-35-13-20-11-24(41-27(40-20)30(31,32)33)45-22-5-3-21(4-6-22)42-16-29(17-42,8-9-34)43-14-19(12-39-43)25-23-7-10-36-26(23)38-18-37-25/h7,10-12,14,18,21-22,35,44H,3-6,8,13,15-17H2,1-2H3,(H,36,37,38)/t21-,22+. The molecule has 2 aliphatic rings. The Hall–Kier alpha value is -4.13. The van der Waals surface area contributed by atoms with Gasteiger partial charge >= 0.3 is 6.18 Å². The second kappa shape index (κ2) is 12.0. The van der Waals surface area contributed by atoms with Crippen LogP contribution in [0.5, 0.6) is 5.88 Å². The summed E-state index contributed by atoms with van der Waals surface area (Å²) < 4.78 is 48.4. The van der Waals surface area contributed by atoms with Gasteiger partial charge in [-0.05, 0) is 45.6 Å². The molecule has 1 aliphatic carbocycles. The maximum atomic E-state index is 13.5. The number of nitrogens with zero attached hydrogens (tertiary/aromatic N) is 8. The predicted molar refractivity (Wildman–Crippen MR) is 157 cm³/mol. The van der Waals surface area contributed by atoms with Crippen molar-refractivity contribution in [2.45, 2.75) is 82.0 Å². The third-order valence-electron chi connectivity index (χ3n) is 8.42. The summed E-state index contributed by atoms with van der Waals surface area (Å²) in [7, 11) is 0. The maximum absolute atomic E-state index is 13.5. The number of ether oxygens (including phenoxy) is 1. The molecular formula is C30H35F3N10O2. The van der Waals surface area contributed by atoms with Crippen LogP contribution in [0, 0.1) is 11.3 Å². The summed E-state index contributed by atoms with van der Waals surface area (Å²) in [6, 6.07) is 5.95. The van der Waals surface area contributed by atoms with Gasteiger partial charge in [0.1, 0.15) is 23.6 Å². The number of hydrogen-bond donors (Lipinski definition) is 3. The van der Waals surface area contributed by atoms with Crippen LogP contribution in [0.15, 0.2) is 37.1 Å². The van der Waals surface area contributed by atoms with Crippen molar-refractivity contribution in [1.29, 1.82) is 5.26 Å². The van der Waals surface area contributed by atoms with Crippen molar-refractivity contribution < 1.29 is 23.0 Å². The number of hydrogen-bond acceptors (Lipinski definition) is 10. The van der Waals surface area contributed by atoms with Crippen LogP contribution in [0.25, 0.3) is 22.3 Å². The van der Waals surface area contributed by atoms with Gasteiger partial charge in [-0.1, -0.05) is 0 Å². The van der Waals surface area contributed by atoms with Gasteiger partial charge in [0, 0.05) is 61.6 Å². The predicted octanol–water partition coefficient (Wildman–Crippen LogP) is 3.81. The van der Waals surface area contributed by atoms with E-state index in [1.165, 1.54) is 12.4 Å². The Bertz CT molecular complexity index is 1680. The first kappa shape index (κ1) is 30.9. The zero-order valence-corrected chi connectivity index (χ0v) is 25.0. The molecule has 0 amide bonds. The zero-order chi connectivity index (χ0) is 31.8. The van der Waals surface area contributed by atoms with E-state index in [2.05, 4.69) is 46.3 Å². The minimum Gasteiger partial charge on any atom is -0.474 e. The maximum Gasteiger partial charge on any atom is 0.451 e. The number of H-pyrrole nitrogens is 1. The summed E-state index contributed by atoms with van der Waals surface area (Å²) in [6.07, 6.45) is 5.31. The van der Waals surface area contributed by atoms with Crippen LogP contribution in [0.3, 0.4) is 0 Å². The summed E-state index contributed by atoms with van der Waals surface area (Å²) in [4.78, 5) is 21.5. The topological polar surface area (TPSA) is 154 Å². The minimum atomic E-state index is -4.71. The largest absolute Gasteiger partial charge is 0.474 e. The molecule has 1 saturated carbocycles. The van der Waals surface area contributed by atoms with Crippen LogP contribution in [0.1, 0.15) is 57.5 Å². The van der Waals surface area contributed by atoms with Crippen LogP contribution >= 0.6 is 0 Å². The fourth-order valence-electron chi connectivity index (χ4n) is 6.21. The van der Waals surface area contributed by atoms with Gasteiger partial charge < -0.3 is 20.1 Å². The van der Waals surface area contributed by atoms with Crippen LogP contribution in [-0.2, 0) is 18.3 Å². The number of rotatable bonds is 10. The average Bonchev–Trinajstić information content (AvgIpc) is 3.65. The number of fused-ring (bicyclic) bond motifs is 1. The Morgan fingerprint density at radius 2 is 1.96 bits per heavy atom. The van der Waals surface area contributed by atoms with Crippen molar-refractivity contribution in [3.63, 3.8) is 0 Å². The third-order valence-corrected chi connectivity index (χ3v) is 8.42. The molecule has 45 heavy (non-hydrogen) atoms. The second-order valence-electron chi connectivity index (χ2n) is 12.6. The first-order valence-electron chi connectivity index (χ1n) is 14.9. The van der Waals surface area contributed by atoms with Gasteiger partial charge in [-0.25, -0.2) is 15.0 Å². The van der Waals surface area contributed by atoms with E-state index in [9.17, 15) is 23.5 Å². The van der Waals surface area contributed by atoms with Crippen LogP contribution in [0.4, 0.5) is 13.2 Å². The van der Waals surface area contributed by atoms with E-state index in [1.807, 2.05) is 23.1 Å². The first-order chi connectivity index (χ1) is 21.4. The van der Waals surface area contributed by atoms with Gasteiger partial charge in [-0.15, -0.1) is 0 Å². The molecule has 2 fully saturated rings. The number of halogens is 3. The summed E-state index contributed by atoms with van der Waals surface area (Å²) >= 11 is 0. The normalized spacial score (nSPS) is 20.6. The number of aromatic amines is 1. The van der Waals surface area contributed by atoms with Gasteiger partial charge in [0.05, 0.1) is 35.7 Å². The molecular weight excluding hydrogens is 589 g/mol. The third kappa shape index (κ3) is 6.77. The molecule has 0 atom stereocenters. The molecule has 15 heteroatoms. The fourth-order valence-corrected chi connectivity index (χ4v) is 6.21. The van der Waals surface area contributed by atoms with Gasteiger partial charge in [-0.3, -0.25) is 9.58 Å². The monoisotopic (exact) mass is 624 g/mol. The molecule has 1 saturated heterocycles. The lowest BCUT2D eigenvalue weighted by Gasteiger charge is -2.53. The van der Waals surface area contributed by atoms with Crippen molar-refractivity contribution >= 4 is 11.0 Å². The Morgan fingerprint density at radius 3 is 2.67 bits per heavy atom. The van der Waals surface area contributed by atoms with Crippen molar-refractivity contribution in [2.75, 3.05) is 19.6 Å². The van der Waals surface area contributed by atoms with Gasteiger partial charge in [0.2, 0.25) is 11.7 Å². The fraction of sp³-hybridized carbons (Fsp3) is 0.533. The van der Waals surface area contributed by atoms with Crippen molar-refractivity contribution in [1.82, 2.24) is 44.9 Å². The molecule has 1 aliphatic heterocycles. The number of aromatic nitrogens is 7. The number of aliphatic hydroxyl groups is 1. The van der Waals surface area contributed by atoms with Crippen molar-refractivity contribution in [3.05, 3.63) is 48.6 Å². The summed E-state index contributed by atoms with van der Waals surface area (Å²) in [5.41, 5.74) is 1.04. The molecule has 12 nitrogen and oxygen atoms in total. The van der Waals surface area contributed by atoms with E-state index >= 15 is 0 Å². The molecule has 6 rings (SSSR count). The number of likely N-dealkylation sites (tertiary alicyclic amines) is 1. The zero-order valence-electron chi connectivity index (χ0n) is 25.0. The van der Waals surface area contributed by atoms with Gasteiger partial charge in [0.25, 0.3) is 0 Å². The highest BCUT2D eigenvalue weighted by Crippen LogP contribution is 2.39. The number of nitriles is 1. The van der Waals surface area contributed by atoms with Crippen LogP contribution in [-0.4, -0.2) is 82.1 Å². The Labute approximate surface area is 257 Å². The Morgan fingerprint density at radius 1 is 1.18 bits per heavy atom. The quantitative estimate of drug-likeness (QED) is 0.237. The average molecular weight is 625 g/mol. The molecule has 5 heterocycles. The highest BCUT2D eigenvalue weighted by molar-refractivity contribution is 5.90. The molecule has 0 radical (unpaired) electrons. The number of nitrogens with one attached hydrogen (secondary N) is 2. The number of alkyl halides is 3. The highest BCUT2D eigenvalue weighted by Gasteiger charge is 2.48. The molecule has 0 bridgehead atoms. The Balaban J connectivity index is 1.07. The lowest BCUT2D eigenvalue weighted by molar-refractivity contribution is -0.145. The highest BCUT2D eigenvalue weighted by atomic mass is 19.4. The van der Waals surface area contributed by atoms with E-state index in [-0.39, 0.29) is 36.8 Å². The van der Waals surface area contributed by atoms with E-state index in [4.69, 9.17) is 4.74 Å². The van der Waals surface area contributed by atoms with Gasteiger partial charge in [0.15, 0.2) is 0 Å². The second-order valence-corrected chi connectivity index (χ2v) is 12.6.